The van der Waals surface area contributed by atoms with Crippen LogP contribution in [-0.2, 0) is 13.0 Å². The minimum Gasteiger partial charge on any atom is -0.487 e. The molecule has 5 nitrogen and oxygen atoms in total. The van der Waals surface area contributed by atoms with E-state index in [4.69, 9.17) is 4.74 Å². The van der Waals surface area contributed by atoms with Gasteiger partial charge in [-0.3, -0.25) is 4.79 Å². The summed E-state index contributed by atoms with van der Waals surface area (Å²) in [4.78, 5) is 12.8. The molecule has 0 saturated heterocycles. The average molecular weight is 619 g/mol. The Morgan fingerprint density at radius 3 is 2.48 bits per heavy atom. The van der Waals surface area contributed by atoms with E-state index < -0.39 is 0 Å². The fourth-order valence-corrected chi connectivity index (χ4v) is 5.52. The van der Waals surface area contributed by atoms with E-state index in [2.05, 4.69) is 93.9 Å². The van der Waals surface area contributed by atoms with Crippen molar-refractivity contribution in [3.05, 3.63) is 154 Å². The molecular formula is C36H32BrN3O2. The molecule has 1 N–H and O–H groups in total. The van der Waals surface area contributed by atoms with Crippen molar-refractivity contribution < 1.29 is 9.53 Å². The maximum Gasteiger partial charge on any atom is 0.271 e. The molecule has 0 atom stereocenters. The number of nitrogens with one attached hydrogen (secondary N) is 1. The number of hydrazone groups is 1. The van der Waals surface area contributed by atoms with E-state index >= 15 is 0 Å². The van der Waals surface area contributed by atoms with Crippen LogP contribution in [0, 0.1) is 13.8 Å². The van der Waals surface area contributed by atoms with Crippen LogP contribution in [0.4, 0.5) is 0 Å². The van der Waals surface area contributed by atoms with Crippen molar-refractivity contribution >= 4 is 28.1 Å². The van der Waals surface area contributed by atoms with Gasteiger partial charge in [0.25, 0.3) is 5.91 Å². The molecule has 42 heavy (non-hydrogen) atoms. The van der Waals surface area contributed by atoms with E-state index in [0.717, 1.165) is 49.6 Å². The minimum atomic E-state index is -0.284. The van der Waals surface area contributed by atoms with Crippen molar-refractivity contribution in [2.45, 2.75) is 26.9 Å². The number of rotatable bonds is 10. The summed E-state index contributed by atoms with van der Waals surface area (Å²) in [6, 6.07) is 34.2. The monoisotopic (exact) mass is 617 g/mol. The number of aromatic nitrogens is 1. The summed E-state index contributed by atoms with van der Waals surface area (Å²) in [6.45, 7) is 8.49. The Morgan fingerprint density at radius 1 is 0.952 bits per heavy atom. The van der Waals surface area contributed by atoms with E-state index in [1.807, 2.05) is 66.7 Å². The molecule has 1 amide bonds. The average Bonchev–Trinajstić information content (AvgIpc) is 3.38. The molecule has 0 unspecified atom stereocenters. The summed E-state index contributed by atoms with van der Waals surface area (Å²) in [5, 5.41) is 4.22. The number of ether oxygens (including phenoxy) is 1. The summed E-state index contributed by atoms with van der Waals surface area (Å²) in [6.07, 6.45) is 4.10. The fourth-order valence-electron chi connectivity index (χ4n) is 4.88. The lowest BCUT2D eigenvalue weighted by Crippen LogP contribution is -2.17. The summed E-state index contributed by atoms with van der Waals surface area (Å²) in [5.74, 6) is 0.486. The van der Waals surface area contributed by atoms with E-state index in [9.17, 15) is 4.79 Å². The van der Waals surface area contributed by atoms with Crippen LogP contribution in [0.5, 0.6) is 5.75 Å². The highest BCUT2D eigenvalue weighted by Gasteiger charge is 2.12. The quantitative estimate of drug-likeness (QED) is 0.0969. The van der Waals surface area contributed by atoms with Gasteiger partial charge in [-0.25, -0.2) is 5.43 Å². The Kier molecular flexibility index (Phi) is 9.15. The van der Waals surface area contributed by atoms with Crippen LogP contribution in [0.3, 0.4) is 0 Å². The number of amides is 1. The molecule has 0 aliphatic heterocycles. The predicted octanol–water partition coefficient (Wildman–Crippen LogP) is 8.60. The molecule has 5 rings (SSSR count). The topological polar surface area (TPSA) is 55.6 Å². The second kappa shape index (κ2) is 13.3. The standard InChI is InChI=1S/C36H32BrN3O2/c1-4-9-31-21-28(22-33(37)35(31)42-24-27-11-8-10-25(2)20-27)23-38-39-36(41)30-15-17-32(18-16-30)40-26(3)14-19-34(40)29-12-6-5-7-13-29/h4-8,10-23H,1,9,24H2,2-3H3,(H,39,41)/b38-23+. The molecule has 0 aliphatic carbocycles. The molecule has 6 heteroatoms. The lowest BCUT2D eigenvalue weighted by atomic mass is 10.1. The Balaban J connectivity index is 1.27. The first-order valence-corrected chi connectivity index (χ1v) is 14.5. The predicted molar refractivity (Wildman–Crippen MR) is 175 cm³/mol. The Morgan fingerprint density at radius 2 is 1.74 bits per heavy atom. The highest BCUT2D eigenvalue weighted by Crippen LogP contribution is 2.32. The summed E-state index contributed by atoms with van der Waals surface area (Å²) in [7, 11) is 0. The molecule has 5 aromatic rings. The molecule has 0 radical (unpaired) electrons. The Hall–Kier alpha value is -4.68. The highest BCUT2D eigenvalue weighted by atomic mass is 79.9. The van der Waals surface area contributed by atoms with Crippen molar-refractivity contribution in [3.63, 3.8) is 0 Å². The van der Waals surface area contributed by atoms with Crippen LogP contribution in [-0.4, -0.2) is 16.7 Å². The normalized spacial score (nSPS) is 11.0. The van der Waals surface area contributed by atoms with Crippen LogP contribution >= 0.6 is 15.9 Å². The van der Waals surface area contributed by atoms with Gasteiger partial charge >= 0.3 is 0 Å². The van der Waals surface area contributed by atoms with Gasteiger partial charge in [0, 0.05) is 16.9 Å². The molecule has 0 saturated carbocycles. The third-order valence-electron chi connectivity index (χ3n) is 6.89. The fraction of sp³-hybridized carbons (Fsp3) is 0.111. The van der Waals surface area contributed by atoms with Crippen LogP contribution in [0.25, 0.3) is 16.9 Å². The third kappa shape index (κ3) is 6.78. The molecular weight excluding hydrogens is 586 g/mol. The van der Waals surface area contributed by atoms with Gasteiger partial charge in [0.2, 0.25) is 0 Å². The van der Waals surface area contributed by atoms with E-state index in [1.54, 1.807) is 6.21 Å². The van der Waals surface area contributed by atoms with Gasteiger partial charge in [-0.2, -0.15) is 5.10 Å². The van der Waals surface area contributed by atoms with Crippen molar-refractivity contribution in [3.8, 4) is 22.7 Å². The van der Waals surface area contributed by atoms with Gasteiger partial charge in [0.15, 0.2) is 0 Å². The van der Waals surface area contributed by atoms with Gasteiger partial charge < -0.3 is 9.30 Å². The molecule has 0 fully saturated rings. The molecule has 0 bridgehead atoms. The molecule has 210 valence electrons. The number of carbonyl (C=O) groups excluding carboxylic acids is 1. The van der Waals surface area contributed by atoms with Crippen LogP contribution in [0.1, 0.15) is 38.3 Å². The minimum absolute atomic E-state index is 0.284. The van der Waals surface area contributed by atoms with Gasteiger partial charge in [-0.15, -0.1) is 6.58 Å². The largest absolute Gasteiger partial charge is 0.487 e. The van der Waals surface area contributed by atoms with Gasteiger partial charge in [-0.05, 0) is 107 Å². The van der Waals surface area contributed by atoms with Gasteiger partial charge in [-0.1, -0.05) is 66.2 Å². The number of halogens is 1. The zero-order valence-electron chi connectivity index (χ0n) is 23.7. The number of benzene rings is 4. The first-order chi connectivity index (χ1) is 20.4. The van der Waals surface area contributed by atoms with Crippen molar-refractivity contribution in [1.82, 2.24) is 9.99 Å². The summed E-state index contributed by atoms with van der Waals surface area (Å²) >= 11 is 3.65. The summed E-state index contributed by atoms with van der Waals surface area (Å²) in [5.41, 5.74) is 11.6. The molecule has 1 aromatic heterocycles. The number of hydrogen-bond donors (Lipinski definition) is 1. The zero-order chi connectivity index (χ0) is 29.5. The second-order valence-corrected chi connectivity index (χ2v) is 10.9. The number of allylic oxidation sites excluding steroid dienone is 1. The molecule has 0 aliphatic rings. The number of hydrogen-bond acceptors (Lipinski definition) is 3. The van der Waals surface area contributed by atoms with E-state index in [1.165, 1.54) is 5.56 Å². The third-order valence-corrected chi connectivity index (χ3v) is 7.47. The lowest BCUT2D eigenvalue weighted by Gasteiger charge is -2.14. The maximum absolute atomic E-state index is 12.8. The smallest absolute Gasteiger partial charge is 0.271 e. The Bertz CT molecular complexity index is 1740. The molecule has 0 spiro atoms. The van der Waals surface area contributed by atoms with Crippen molar-refractivity contribution in [2.24, 2.45) is 5.10 Å². The SMILES string of the molecule is C=CCc1cc(/C=N/NC(=O)c2ccc(-n3c(C)ccc3-c3ccccc3)cc2)cc(Br)c1OCc1cccc(C)c1. The number of aryl methyl sites for hydroxylation is 2. The first-order valence-electron chi connectivity index (χ1n) is 13.7. The van der Waals surface area contributed by atoms with Crippen LogP contribution in [0.2, 0.25) is 0 Å². The lowest BCUT2D eigenvalue weighted by molar-refractivity contribution is 0.0955. The van der Waals surface area contributed by atoms with Crippen LogP contribution in [0.15, 0.2) is 125 Å². The van der Waals surface area contributed by atoms with E-state index in [-0.39, 0.29) is 5.91 Å². The number of carbonyl (C=O) groups is 1. The second-order valence-electron chi connectivity index (χ2n) is 10.1. The first kappa shape index (κ1) is 28.8. The molecule has 1 heterocycles. The van der Waals surface area contributed by atoms with Crippen LogP contribution < -0.4 is 10.2 Å². The number of nitrogens with zero attached hydrogens (tertiary/aromatic N) is 2. The Labute approximate surface area is 255 Å². The highest BCUT2D eigenvalue weighted by molar-refractivity contribution is 9.10. The van der Waals surface area contributed by atoms with Crippen molar-refractivity contribution in [2.75, 3.05) is 0 Å². The van der Waals surface area contributed by atoms with Gasteiger partial charge in [0.1, 0.15) is 12.4 Å². The van der Waals surface area contributed by atoms with Crippen molar-refractivity contribution in [1.29, 1.82) is 0 Å². The molecule has 4 aromatic carbocycles. The zero-order valence-corrected chi connectivity index (χ0v) is 25.3. The van der Waals surface area contributed by atoms with E-state index in [0.29, 0.717) is 18.6 Å². The van der Waals surface area contributed by atoms with Gasteiger partial charge in [0.05, 0.1) is 16.4 Å². The summed E-state index contributed by atoms with van der Waals surface area (Å²) < 4.78 is 9.18. The maximum atomic E-state index is 12.8.